The molecule has 7 heterocycles. The van der Waals surface area contributed by atoms with Crippen molar-refractivity contribution < 1.29 is 0 Å². The van der Waals surface area contributed by atoms with Crippen LogP contribution in [0.2, 0.25) is 0 Å². The van der Waals surface area contributed by atoms with Crippen molar-refractivity contribution in [3.63, 3.8) is 0 Å². The molecule has 0 spiro atoms. The lowest BCUT2D eigenvalue weighted by Gasteiger charge is -2.42. The van der Waals surface area contributed by atoms with Crippen LogP contribution in [0.15, 0.2) is 133 Å². The highest BCUT2D eigenvalue weighted by Gasteiger charge is 2.60. The largest absolute Gasteiger partial charge is 0.422 e. The number of hydrogen-bond acceptors (Lipinski definition) is 5. The monoisotopic (exact) mass is 612 g/mol. The zero-order valence-corrected chi connectivity index (χ0v) is 25.9. The molecule has 0 atom stereocenters. The van der Waals surface area contributed by atoms with Crippen molar-refractivity contribution in [2.24, 2.45) is 0 Å². The summed E-state index contributed by atoms with van der Waals surface area (Å²) < 4.78 is 0. The number of thiophene rings is 1. The lowest BCUT2D eigenvalue weighted by atomic mass is 9.55. The summed E-state index contributed by atoms with van der Waals surface area (Å²) in [5.74, 6) is 0. The van der Waals surface area contributed by atoms with Gasteiger partial charge in [0.05, 0.1) is 11.4 Å². The van der Waals surface area contributed by atoms with Gasteiger partial charge in [0.2, 0.25) is 0 Å². The average Bonchev–Trinajstić information content (AvgIpc) is 3.78. The Kier molecular flexibility index (Phi) is 3.94. The molecule has 0 fully saturated rings. The van der Waals surface area contributed by atoms with Crippen molar-refractivity contribution in [2.45, 2.75) is 0 Å². The molecule has 0 N–H and O–H groups in total. The third-order valence-corrected chi connectivity index (χ3v) is 12.4. The predicted molar refractivity (Wildman–Crippen MR) is 198 cm³/mol. The summed E-state index contributed by atoms with van der Waals surface area (Å²) in [5, 5.41) is 2.64. The summed E-state index contributed by atoms with van der Waals surface area (Å²) in [6, 6.07) is 49.9. The number of anilines is 8. The predicted octanol–water partition coefficient (Wildman–Crippen LogP) is 9.04. The normalized spacial score (nSPS) is 15.4. The molecule has 0 radical (unpaired) electrons. The summed E-state index contributed by atoms with van der Waals surface area (Å²) in [6.07, 6.45) is 0. The summed E-state index contributed by atoms with van der Waals surface area (Å²) in [7, 11) is 0. The summed E-state index contributed by atoms with van der Waals surface area (Å²) in [4.78, 5) is 10.7. The fourth-order valence-electron chi connectivity index (χ4n) is 9.62. The Hall–Kier alpha value is -5.65. The molecule has 1 aromatic heterocycles. The number of fused-ring (bicyclic) bond motifs is 19. The number of hydrogen-bond donors (Lipinski definition) is 0. The summed E-state index contributed by atoms with van der Waals surface area (Å²) in [6.45, 7) is 0.121. The Bertz CT molecular complexity index is 2410. The Morgan fingerprint density at radius 2 is 0.617 bits per heavy atom. The molecule has 0 saturated heterocycles. The van der Waals surface area contributed by atoms with E-state index in [0.717, 1.165) is 0 Å². The molecule has 7 aromatic rings. The molecule has 0 aliphatic carbocycles. The van der Waals surface area contributed by atoms with Gasteiger partial charge in [-0.05, 0) is 57.4 Å². The maximum Gasteiger partial charge on any atom is 0.422 e. The second kappa shape index (κ2) is 7.83. The number of para-hydroxylation sites is 4. The highest BCUT2D eigenvalue weighted by Crippen LogP contribution is 2.69. The minimum atomic E-state index is 0.0605. The highest BCUT2D eigenvalue weighted by atomic mass is 32.1. The van der Waals surface area contributed by atoms with Crippen LogP contribution in [0.4, 0.5) is 44.1 Å². The highest BCUT2D eigenvalue weighted by molar-refractivity contribution is 7.25. The molecular formula is C40H22B2N4S. The fourth-order valence-corrected chi connectivity index (χ4v) is 11.0. The van der Waals surface area contributed by atoms with E-state index in [1.807, 2.05) is 11.3 Å². The molecule has 0 bridgehead atoms. The van der Waals surface area contributed by atoms with E-state index in [9.17, 15) is 0 Å². The lowest BCUT2D eigenvalue weighted by Crippen LogP contribution is -2.58. The van der Waals surface area contributed by atoms with Gasteiger partial charge in [-0.2, -0.15) is 0 Å². The van der Waals surface area contributed by atoms with Gasteiger partial charge < -0.3 is 19.2 Å². The maximum absolute atomic E-state index is 2.68. The van der Waals surface area contributed by atoms with Crippen LogP contribution in [-0.2, 0) is 0 Å². The van der Waals surface area contributed by atoms with E-state index in [1.54, 1.807) is 0 Å². The smallest absolute Gasteiger partial charge is 0.357 e. The first-order chi connectivity index (χ1) is 23.4. The minimum absolute atomic E-state index is 0.0605. The van der Waals surface area contributed by atoms with Gasteiger partial charge in [-0.1, -0.05) is 121 Å². The molecule has 6 aliphatic rings. The molecular weight excluding hydrogens is 590 g/mol. The topological polar surface area (TPSA) is 13.0 Å². The van der Waals surface area contributed by atoms with Crippen LogP contribution in [0.25, 0.3) is 44.5 Å². The Morgan fingerprint density at radius 1 is 0.319 bits per heavy atom. The van der Waals surface area contributed by atoms with E-state index in [2.05, 4.69) is 153 Å². The van der Waals surface area contributed by atoms with Gasteiger partial charge in [-0.25, -0.2) is 0 Å². The number of benzene rings is 6. The van der Waals surface area contributed by atoms with Gasteiger partial charge in [-0.15, -0.1) is 0 Å². The molecule has 4 nitrogen and oxygen atoms in total. The van der Waals surface area contributed by atoms with Crippen molar-refractivity contribution in [3.8, 4) is 44.5 Å². The minimum Gasteiger partial charge on any atom is -0.357 e. The fraction of sp³-hybridized carbons (Fsp3) is 0. The third-order valence-electron chi connectivity index (χ3n) is 11.3. The van der Waals surface area contributed by atoms with Gasteiger partial charge in [0.15, 0.2) is 0 Å². The van der Waals surface area contributed by atoms with E-state index < -0.39 is 0 Å². The van der Waals surface area contributed by atoms with E-state index in [4.69, 9.17) is 0 Å². The van der Waals surface area contributed by atoms with E-state index in [1.165, 1.54) is 99.6 Å². The van der Waals surface area contributed by atoms with Gasteiger partial charge in [0, 0.05) is 45.0 Å². The first-order valence-corrected chi connectivity index (χ1v) is 17.2. The second-order valence-corrected chi connectivity index (χ2v) is 14.2. The van der Waals surface area contributed by atoms with Gasteiger partial charge >= 0.3 is 14.0 Å². The molecule has 13 rings (SSSR count). The lowest BCUT2D eigenvalue weighted by molar-refractivity contribution is 1.34. The molecule has 214 valence electrons. The first-order valence-electron chi connectivity index (χ1n) is 16.4. The van der Waals surface area contributed by atoms with Crippen molar-refractivity contribution >= 4 is 80.4 Å². The van der Waals surface area contributed by atoms with Crippen LogP contribution in [-0.4, -0.2) is 14.0 Å². The van der Waals surface area contributed by atoms with E-state index in [0.29, 0.717) is 0 Å². The second-order valence-electron chi connectivity index (χ2n) is 13.2. The molecule has 6 aliphatic heterocycles. The molecule has 47 heavy (non-hydrogen) atoms. The molecule has 7 heteroatoms. The molecule has 0 amide bonds. The van der Waals surface area contributed by atoms with E-state index in [-0.39, 0.29) is 14.0 Å². The van der Waals surface area contributed by atoms with Crippen LogP contribution in [0.5, 0.6) is 0 Å². The first kappa shape index (κ1) is 23.7. The Morgan fingerprint density at radius 3 is 0.979 bits per heavy atom. The van der Waals surface area contributed by atoms with Crippen molar-refractivity contribution in [3.05, 3.63) is 133 Å². The number of nitrogens with zero attached hydrogens (tertiary/aromatic N) is 4. The van der Waals surface area contributed by atoms with Crippen LogP contribution < -0.4 is 30.2 Å². The molecule has 0 unspecified atom stereocenters. The number of rotatable bonds is 0. The van der Waals surface area contributed by atoms with Crippen molar-refractivity contribution in [1.29, 1.82) is 0 Å². The standard InChI is InChI=1S/C40H22B2N4S/c1-5-19-31-23(11-1)27-15-9-17-29-25-13-3-7-21-33(25)45-39-37(43(31)41(45)35(27)29)38-40(47-39)46-34-22-8-4-14-26(34)30-18-10-16-28-24-12-2-6-20-32(24)44(38)42(46)36(28)30/h1-22H. The van der Waals surface area contributed by atoms with Crippen LogP contribution >= 0.6 is 11.3 Å². The van der Waals surface area contributed by atoms with Crippen LogP contribution in [0, 0.1) is 0 Å². The quantitative estimate of drug-likeness (QED) is 0.159. The summed E-state index contributed by atoms with van der Waals surface area (Å²) >= 11 is 1.96. The Labute approximate surface area is 276 Å². The van der Waals surface area contributed by atoms with E-state index >= 15 is 0 Å². The van der Waals surface area contributed by atoms with Crippen molar-refractivity contribution in [1.82, 2.24) is 0 Å². The van der Waals surface area contributed by atoms with Crippen molar-refractivity contribution in [2.75, 3.05) is 19.2 Å². The van der Waals surface area contributed by atoms with Crippen LogP contribution in [0.1, 0.15) is 0 Å². The molecule has 0 saturated carbocycles. The SMILES string of the molecule is c1ccc2c(c1)-c1cccc3c1B1N2c2sc4c(c2N1c1ccccc1-3)N1B2c3c(cccc3-c3ccccc31)-c1ccccc1N24. The zero-order valence-electron chi connectivity index (χ0n) is 25.1. The third kappa shape index (κ3) is 2.49. The summed E-state index contributed by atoms with van der Waals surface area (Å²) in [5.41, 5.74) is 21.2. The van der Waals surface area contributed by atoms with Crippen LogP contribution in [0.3, 0.4) is 0 Å². The Balaban J connectivity index is 1.19. The van der Waals surface area contributed by atoms with Gasteiger partial charge in [-0.3, -0.25) is 0 Å². The maximum atomic E-state index is 2.68. The van der Waals surface area contributed by atoms with Gasteiger partial charge in [0.25, 0.3) is 0 Å². The zero-order chi connectivity index (χ0) is 30.1. The van der Waals surface area contributed by atoms with Gasteiger partial charge in [0.1, 0.15) is 10.0 Å². The molecule has 6 aromatic carbocycles. The average molecular weight is 612 g/mol.